The summed E-state index contributed by atoms with van der Waals surface area (Å²) in [6, 6.07) is 0. The van der Waals surface area contributed by atoms with Crippen molar-refractivity contribution in [2.75, 3.05) is 0 Å². The van der Waals surface area contributed by atoms with E-state index < -0.39 is 0 Å². The fourth-order valence-corrected chi connectivity index (χ4v) is 3.61. The summed E-state index contributed by atoms with van der Waals surface area (Å²) >= 11 is 0. The summed E-state index contributed by atoms with van der Waals surface area (Å²) in [4.78, 5) is 0. The molecule has 0 amide bonds. The third kappa shape index (κ3) is 9.06. The van der Waals surface area contributed by atoms with Gasteiger partial charge in [0.1, 0.15) is 0 Å². The van der Waals surface area contributed by atoms with Crippen molar-refractivity contribution in [1.82, 2.24) is 0 Å². The van der Waals surface area contributed by atoms with Gasteiger partial charge in [0, 0.05) is 0 Å². The van der Waals surface area contributed by atoms with Crippen molar-refractivity contribution in [2.45, 2.75) is 110 Å². The largest absolute Gasteiger partial charge is 0.131 e. The SMILES string of the molecule is CCCCCCCC(P)(CCCCCC)C(C)CC. The molecule has 116 valence electrons. The molecular weight excluding hydrogens is 247 g/mol. The Morgan fingerprint density at radius 3 is 1.58 bits per heavy atom. The van der Waals surface area contributed by atoms with Gasteiger partial charge in [-0.1, -0.05) is 91.9 Å². The highest BCUT2D eigenvalue weighted by atomic mass is 31.0. The molecule has 3 unspecified atom stereocenters. The minimum atomic E-state index is 0.523. The normalized spacial score (nSPS) is 16.3. The van der Waals surface area contributed by atoms with Crippen LogP contribution in [0.3, 0.4) is 0 Å². The van der Waals surface area contributed by atoms with Gasteiger partial charge in [-0.15, -0.1) is 9.24 Å². The van der Waals surface area contributed by atoms with Gasteiger partial charge in [0.15, 0.2) is 0 Å². The first kappa shape index (κ1) is 19.4. The van der Waals surface area contributed by atoms with Crippen LogP contribution >= 0.6 is 9.24 Å². The number of rotatable bonds is 13. The lowest BCUT2D eigenvalue weighted by molar-refractivity contribution is 0.328. The molecule has 0 spiro atoms. The maximum Gasteiger partial charge on any atom is -0.0125 e. The number of hydrogen-bond donors (Lipinski definition) is 0. The van der Waals surface area contributed by atoms with Gasteiger partial charge in [0.25, 0.3) is 0 Å². The Balaban J connectivity index is 4.04. The standard InChI is InChI=1S/C18H39P/c1-5-8-10-12-14-16-18(19,17(4)7-3)15-13-11-9-6-2/h17H,5-16,19H2,1-4H3. The second-order valence-corrected chi connectivity index (χ2v) is 7.67. The Hall–Kier alpha value is 0.430. The monoisotopic (exact) mass is 286 g/mol. The Labute approximate surface area is 125 Å². The first-order valence-corrected chi connectivity index (χ1v) is 9.47. The van der Waals surface area contributed by atoms with Crippen LogP contribution < -0.4 is 0 Å². The first-order chi connectivity index (χ1) is 9.10. The van der Waals surface area contributed by atoms with Gasteiger partial charge < -0.3 is 0 Å². The zero-order valence-electron chi connectivity index (χ0n) is 14.1. The van der Waals surface area contributed by atoms with Gasteiger partial charge in [-0.25, -0.2) is 0 Å². The molecule has 0 aliphatic rings. The average molecular weight is 286 g/mol. The van der Waals surface area contributed by atoms with Crippen LogP contribution in [0.4, 0.5) is 0 Å². The lowest BCUT2D eigenvalue weighted by Crippen LogP contribution is -2.29. The smallest absolute Gasteiger partial charge is 0.0125 e. The zero-order chi connectivity index (χ0) is 14.6. The molecule has 0 aromatic carbocycles. The van der Waals surface area contributed by atoms with E-state index in [1.807, 2.05) is 0 Å². The molecule has 0 bridgehead atoms. The average Bonchev–Trinajstić information content (AvgIpc) is 2.42. The third-order valence-corrected chi connectivity index (χ3v) is 5.98. The summed E-state index contributed by atoms with van der Waals surface area (Å²) < 4.78 is 0. The van der Waals surface area contributed by atoms with Crippen LogP contribution in [0.15, 0.2) is 0 Å². The molecule has 0 rings (SSSR count). The van der Waals surface area contributed by atoms with Gasteiger partial charge in [0.2, 0.25) is 0 Å². The molecule has 0 fully saturated rings. The Morgan fingerprint density at radius 2 is 1.16 bits per heavy atom. The molecule has 0 N–H and O–H groups in total. The summed E-state index contributed by atoms with van der Waals surface area (Å²) in [7, 11) is 3.26. The van der Waals surface area contributed by atoms with Crippen molar-refractivity contribution in [1.29, 1.82) is 0 Å². The fraction of sp³-hybridized carbons (Fsp3) is 1.00. The highest BCUT2D eigenvalue weighted by molar-refractivity contribution is 7.19. The van der Waals surface area contributed by atoms with E-state index in [9.17, 15) is 0 Å². The van der Waals surface area contributed by atoms with E-state index in [-0.39, 0.29) is 0 Å². The quantitative estimate of drug-likeness (QED) is 0.253. The molecule has 0 aromatic heterocycles. The topological polar surface area (TPSA) is 0 Å². The van der Waals surface area contributed by atoms with E-state index in [4.69, 9.17) is 0 Å². The Kier molecular flexibility index (Phi) is 12.5. The number of hydrogen-bond acceptors (Lipinski definition) is 0. The van der Waals surface area contributed by atoms with Crippen LogP contribution in [0.1, 0.15) is 105 Å². The fourth-order valence-electron chi connectivity index (χ4n) is 2.96. The van der Waals surface area contributed by atoms with Crippen molar-refractivity contribution in [3.8, 4) is 0 Å². The van der Waals surface area contributed by atoms with Crippen LogP contribution in [-0.2, 0) is 0 Å². The highest BCUT2D eigenvalue weighted by Crippen LogP contribution is 2.40. The third-order valence-electron chi connectivity index (χ3n) is 4.84. The Bertz CT molecular complexity index is 190. The maximum absolute atomic E-state index is 3.26. The van der Waals surface area contributed by atoms with Gasteiger partial charge in [0.05, 0.1) is 0 Å². The molecule has 0 heterocycles. The number of unbranched alkanes of at least 4 members (excludes halogenated alkanes) is 7. The summed E-state index contributed by atoms with van der Waals surface area (Å²) in [6.45, 7) is 9.41. The van der Waals surface area contributed by atoms with E-state index >= 15 is 0 Å². The predicted octanol–water partition coefficient (Wildman–Crippen LogP) is 6.98. The second-order valence-electron chi connectivity index (χ2n) is 6.52. The van der Waals surface area contributed by atoms with Crippen LogP contribution in [0, 0.1) is 5.92 Å². The van der Waals surface area contributed by atoms with Crippen molar-refractivity contribution >= 4 is 9.24 Å². The lowest BCUT2D eigenvalue weighted by Gasteiger charge is -2.36. The molecule has 0 aromatic rings. The van der Waals surface area contributed by atoms with Crippen LogP contribution in [0.25, 0.3) is 0 Å². The van der Waals surface area contributed by atoms with Gasteiger partial charge >= 0.3 is 0 Å². The van der Waals surface area contributed by atoms with Crippen LogP contribution in [-0.4, -0.2) is 5.16 Å². The predicted molar refractivity (Wildman–Crippen MR) is 94.0 cm³/mol. The van der Waals surface area contributed by atoms with Gasteiger partial charge in [-0.05, 0) is 23.9 Å². The summed E-state index contributed by atoms with van der Waals surface area (Å²) in [5, 5.41) is 0.523. The highest BCUT2D eigenvalue weighted by Gasteiger charge is 2.28. The first-order valence-electron chi connectivity index (χ1n) is 8.89. The van der Waals surface area contributed by atoms with Crippen LogP contribution in [0.2, 0.25) is 0 Å². The Morgan fingerprint density at radius 1 is 0.737 bits per heavy atom. The van der Waals surface area contributed by atoms with Crippen molar-refractivity contribution < 1.29 is 0 Å². The molecule has 0 radical (unpaired) electrons. The van der Waals surface area contributed by atoms with Crippen molar-refractivity contribution in [3.63, 3.8) is 0 Å². The van der Waals surface area contributed by atoms with Crippen LogP contribution in [0.5, 0.6) is 0 Å². The maximum atomic E-state index is 3.26. The van der Waals surface area contributed by atoms with Gasteiger partial charge in [-0.3, -0.25) is 0 Å². The van der Waals surface area contributed by atoms with E-state index in [0.29, 0.717) is 5.16 Å². The lowest BCUT2D eigenvalue weighted by atomic mass is 9.82. The van der Waals surface area contributed by atoms with Gasteiger partial charge in [-0.2, -0.15) is 0 Å². The molecule has 1 heteroatoms. The minimum absolute atomic E-state index is 0.523. The summed E-state index contributed by atoms with van der Waals surface area (Å²) in [6.07, 6.45) is 16.9. The van der Waals surface area contributed by atoms with Crippen molar-refractivity contribution in [2.24, 2.45) is 5.92 Å². The van der Waals surface area contributed by atoms with E-state index in [0.717, 1.165) is 5.92 Å². The summed E-state index contributed by atoms with van der Waals surface area (Å²) in [5.41, 5.74) is 0. The molecule has 0 saturated carbocycles. The molecule has 19 heavy (non-hydrogen) atoms. The van der Waals surface area contributed by atoms with E-state index in [1.165, 1.54) is 77.0 Å². The molecular formula is C18H39P. The second kappa shape index (κ2) is 12.2. The minimum Gasteiger partial charge on any atom is -0.131 e. The molecule has 3 atom stereocenters. The molecule has 0 aliphatic heterocycles. The van der Waals surface area contributed by atoms with E-state index in [2.05, 4.69) is 36.9 Å². The molecule has 0 nitrogen and oxygen atoms in total. The van der Waals surface area contributed by atoms with Crippen molar-refractivity contribution in [3.05, 3.63) is 0 Å². The summed E-state index contributed by atoms with van der Waals surface area (Å²) in [5.74, 6) is 0.852. The molecule has 0 saturated heterocycles. The zero-order valence-corrected chi connectivity index (χ0v) is 15.3. The molecule has 0 aliphatic carbocycles. The van der Waals surface area contributed by atoms with E-state index in [1.54, 1.807) is 0 Å².